The topological polar surface area (TPSA) is 52.0 Å². The lowest BCUT2D eigenvalue weighted by atomic mass is 10.1. The van der Waals surface area contributed by atoms with Gasteiger partial charge in [-0.1, -0.05) is 30.3 Å². The van der Waals surface area contributed by atoms with Gasteiger partial charge in [0.25, 0.3) is 5.56 Å². The van der Waals surface area contributed by atoms with E-state index in [1.807, 2.05) is 40.8 Å². The predicted molar refractivity (Wildman–Crippen MR) is 81.3 cm³/mol. The van der Waals surface area contributed by atoms with E-state index in [4.69, 9.17) is 0 Å². The fraction of sp³-hybridized carbons (Fsp3) is 0.214. The molecule has 0 aliphatic heterocycles. The highest BCUT2D eigenvalue weighted by atomic mass is 127. The van der Waals surface area contributed by atoms with Gasteiger partial charge >= 0.3 is 0 Å². The van der Waals surface area contributed by atoms with Gasteiger partial charge in [0.05, 0.1) is 3.57 Å². The molecule has 1 aromatic carbocycles. The second-order valence-electron chi connectivity index (χ2n) is 4.15. The van der Waals surface area contributed by atoms with Gasteiger partial charge in [-0.2, -0.15) is 0 Å². The summed E-state index contributed by atoms with van der Waals surface area (Å²) in [6.45, 7) is 2.13. The number of carbonyl (C=O) groups excluding carboxylic acids is 1. The van der Waals surface area contributed by atoms with Crippen LogP contribution in [0, 0.1) is 10.5 Å². The van der Waals surface area contributed by atoms with E-state index in [-0.39, 0.29) is 11.3 Å². The van der Waals surface area contributed by atoms with Crippen molar-refractivity contribution < 1.29 is 4.79 Å². The SMILES string of the molecule is Cc1ncc(I)c(=O)n1CCC(=O)c1ccccc1. The van der Waals surface area contributed by atoms with E-state index in [0.717, 1.165) is 0 Å². The summed E-state index contributed by atoms with van der Waals surface area (Å²) in [5, 5.41) is 0. The van der Waals surface area contributed by atoms with Gasteiger partial charge in [0.1, 0.15) is 5.82 Å². The lowest BCUT2D eigenvalue weighted by molar-refractivity contribution is 0.0976. The van der Waals surface area contributed by atoms with Crippen LogP contribution in [0.4, 0.5) is 0 Å². The zero-order valence-corrected chi connectivity index (χ0v) is 12.6. The molecule has 0 aliphatic rings. The number of aryl methyl sites for hydroxylation is 1. The zero-order chi connectivity index (χ0) is 13.8. The molecule has 0 bridgehead atoms. The molecule has 19 heavy (non-hydrogen) atoms. The minimum Gasteiger partial charge on any atom is -0.296 e. The van der Waals surface area contributed by atoms with Crippen molar-refractivity contribution in [2.24, 2.45) is 0 Å². The third-order valence-electron chi connectivity index (χ3n) is 2.86. The number of benzene rings is 1. The van der Waals surface area contributed by atoms with E-state index in [9.17, 15) is 9.59 Å². The van der Waals surface area contributed by atoms with Gasteiger partial charge in [-0.05, 0) is 29.5 Å². The van der Waals surface area contributed by atoms with Crippen molar-refractivity contribution in [1.82, 2.24) is 9.55 Å². The third kappa shape index (κ3) is 3.28. The highest BCUT2D eigenvalue weighted by Gasteiger charge is 2.09. The predicted octanol–water partition coefficient (Wildman–Crippen LogP) is 2.43. The summed E-state index contributed by atoms with van der Waals surface area (Å²) in [4.78, 5) is 28.1. The Morgan fingerprint density at radius 2 is 2.00 bits per heavy atom. The molecular weight excluding hydrogens is 355 g/mol. The summed E-state index contributed by atoms with van der Waals surface area (Å²) in [5.74, 6) is 0.664. The number of rotatable bonds is 4. The number of hydrogen-bond acceptors (Lipinski definition) is 3. The summed E-state index contributed by atoms with van der Waals surface area (Å²) in [6.07, 6.45) is 1.85. The van der Waals surface area contributed by atoms with Crippen LogP contribution < -0.4 is 5.56 Å². The molecule has 0 spiro atoms. The van der Waals surface area contributed by atoms with Crippen molar-refractivity contribution in [2.45, 2.75) is 19.9 Å². The molecule has 0 saturated heterocycles. The largest absolute Gasteiger partial charge is 0.296 e. The molecule has 4 nitrogen and oxygen atoms in total. The van der Waals surface area contributed by atoms with Crippen LogP contribution in [-0.4, -0.2) is 15.3 Å². The maximum atomic E-state index is 12.0. The van der Waals surface area contributed by atoms with Gasteiger partial charge in [-0.3, -0.25) is 14.2 Å². The zero-order valence-electron chi connectivity index (χ0n) is 10.5. The van der Waals surface area contributed by atoms with Crippen molar-refractivity contribution in [3.63, 3.8) is 0 Å². The van der Waals surface area contributed by atoms with Crippen LogP contribution in [0.2, 0.25) is 0 Å². The first-order chi connectivity index (χ1) is 9.09. The molecule has 0 unspecified atom stereocenters. The number of hydrogen-bond donors (Lipinski definition) is 0. The molecule has 0 radical (unpaired) electrons. The lowest BCUT2D eigenvalue weighted by Crippen LogP contribution is -2.26. The Morgan fingerprint density at radius 1 is 1.32 bits per heavy atom. The second kappa shape index (κ2) is 6.10. The van der Waals surface area contributed by atoms with Crippen molar-refractivity contribution in [2.75, 3.05) is 0 Å². The fourth-order valence-corrected chi connectivity index (χ4v) is 2.23. The van der Waals surface area contributed by atoms with Crippen LogP contribution in [0.15, 0.2) is 41.3 Å². The van der Waals surface area contributed by atoms with Gasteiger partial charge in [0.2, 0.25) is 0 Å². The molecule has 0 fully saturated rings. The summed E-state index contributed by atoms with van der Waals surface area (Å²) in [7, 11) is 0. The first-order valence-corrected chi connectivity index (χ1v) is 6.97. The average molecular weight is 368 g/mol. The molecule has 0 atom stereocenters. The van der Waals surface area contributed by atoms with E-state index >= 15 is 0 Å². The Labute approximate surface area is 124 Å². The summed E-state index contributed by atoms with van der Waals surface area (Å²) in [6, 6.07) is 9.10. The van der Waals surface area contributed by atoms with Crippen molar-refractivity contribution in [1.29, 1.82) is 0 Å². The minimum absolute atomic E-state index is 0.0331. The summed E-state index contributed by atoms with van der Waals surface area (Å²) < 4.78 is 2.11. The van der Waals surface area contributed by atoms with Crippen LogP contribution in [0.5, 0.6) is 0 Å². The molecule has 0 N–H and O–H groups in total. The first kappa shape index (κ1) is 13.9. The van der Waals surface area contributed by atoms with E-state index in [1.54, 1.807) is 29.8 Å². The Balaban J connectivity index is 2.14. The van der Waals surface area contributed by atoms with Crippen LogP contribution in [0.1, 0.15) is 22.6 Å². The normalized spacial score (nSPS) is 10.4. The van der Waals surface area contributed by atoms with Crippen molar-refractivity contribution in [3.05, 3.63) is 61.8 Å². The minimum atomic E-state index is -0.0889. The molecule has 1 aromatic heterocycles. The Hall–Kier alpha value is -1.50. The number of aromatic nitrogens is 2. The van der Waals surface area contributed by atoms with E-state index in [2.05, 4.69) is 4.98 Å². The van der Waals surface area contributed by atoms with Crippen LogP contribution in [0.25, 0.3) is 0 Å². The Kier molecular flexibility index (Phi) is 4.47. The number of halogens is 1. The summed E-state index contributed by atoms with van der Waals surface area (Å²) in [5.41, 5.74) is 0.584. The van der Waals surface area contributed by atoms with Gasteiger partial charge in [0.15, 0.2) is 5.78 Å². The summed E-state index contributed by atoms with van der Waals surface area (Å²) >= 11 is 1.95. The first-order valence-electron chi connectivity index (χ1n) is 5.90. The van der Waals surface area contributed by atoms with Crippen LogP contribution in [-0.2, 0) is 6.54 Å². The van der Waals surface area contributed by atoms with Gasteiger partial charge < -0.3 is 0 Å². The number of ketones is 1. The smallest absolute Gasteiger partial charge is 0.266 e. The lowest BCUT2D eigenvalue weighted by Gasteiger charge is -2.08. The molecular formula is C14H13IN2O2. The van der Waals surface area contributed by atoms with Gasteiger partial charge in [-0.15, -0.1) is 0 Å². The van der Waals surface area contributed by atoms with Crippen LogP contribution in [0.3, 0.4) is 0 Å². The number of Topliss-reactive ketones (excluding diaryl/α,β-unsaturated/α-hetero) is 1. The average Bonchev–Trinajstić information content (AvgIpc) is 2.44. The highest BCUT2D eigenvalue weighted by molar-refractivity contribution is 14.1. The van der Waals surface area contributed by atoms with E-state index in [1.165, 1.54) is 0 Å². The molecule has 1 heterocycles. The highest BCUT2D eigenvalue weighted by Crippen LogP contribution is 2.05. The molecule has 0 aliphatic carbocycles. The molecule has 0 amide bonds. The molecule has 2 rings (SSSR count). The number of nitrogens with zero attached hydrogens (tertiary/aromatic N) is 2. The maximum Gasteiger partial charge on any atom is 0.266 e. The molecule has 0 saturated carbocycles. The van der Waals surface area contributed by atoms with Crippen molar-refractivity contribution >= 4 is 28.4 Å². The van der Waals surface area contributed by atoms with Crippen LogP contribution >= 0.6 is 22.6 Å². The van der Waals surface area contributed by atoms with Gasteiger partial charge in [-0.25, -0.2) is 4.98 Å². The molecule has 2 aromatic rings. The maximum absolute atomic E-state index is 12.0. The quantitative estimate of drug-likeness (QED) is 0.615. The van der Waals surface area contributed by atoms with Crippen molar-refractivity contribution in [3.8, 4) is 0 Å². The number of carbonyl (C=O) groups is 1. The third-order valence-corrected chi connectivity index (χ3v) is 3.60. The second-order valence-corrected chi connectivity index (χ2v) is 5.31. The van der Waals surface area contributed by atoms with E-state index < -0.39 is 0 Å². The monoisotopic (exact) mass is 368 g/mol. The van der Waals surface area contributed by atoms with E-state index in [0.29, 0.717) is 27.9 Å². The van der Waals surface area contributed by atoms with Gasteiger partial charge in [0, 0.05) is 24.7 Å². The molecule has 5 heteroatoms. The Bertz CT molecular complexity index is 650. The molecule has 98 valence electrons. The standard InChI is InChI=1S/C14H13IN2O2/c1-10-16-9-12(15)14(19)17(10)8-7-13(18)11-5-3-2-4-6-11/h2-6,9H,7-8H2,1H3. The Morgan fingerprint density at radius 3 is 2.68 bits per heavy atom. The fourth-order valence-electron chi connectivity index (χ4n) is 1.80.